The Bertz CT molecular complexity index is 1820. The lowest BCUT2D eigenvalue weighted by Crippen LogP contribution is -2.20. The quantitative estimate of drug-likeness (QED) is 0.0870. The Morgan fingerprint density at radius 1 is 0.880 bits per heavy atom. The average Bonchev–Trinajstić information content (AvgIpc) is 3.86. The van der Waals surface area contributed by atoms with E-state index in [1.165, 1.54) is 58.0 Å². The first-order chi connectivity index (χ1) is 24.5. The van der Waals surface area contributed by atoms with Crippen LogP contribution in [0.5, 0.6) is 11.5 Å². The van der Waals surface area contributed by atoms with Crippen molar-refractivity contribution in [3.05, 3.63) is 104 Å². The van der Waals surface area contributed by atoms with E-state index in [0.29, 0.717) is 22.1 Å². The van der Waals surface area contributed by atoms with E-state index in [1.54, 1.807) is 18.5 Å². The molecule has 0 bridgehead atoms. The predicted molar refractivity (Wildman–Crippen MR) is 204 cm³/mol. The second-order valence-corrected chi connectivity index (χ2v) is 14.2. The zero-order chi connectivity index (χ0) is 34.7. The fraction of sp³-hybridized carbons (Fsp3) is 0.375. The van der Waals surface area contributed by atoms with Crippen LogP contribution in [0.3, 0.4) is 0 Å². The Morgan fingerprint density at radius 2 is 1.62 bits per heavy atom. The van der Waals surface area contributed by atoms with Crippen molar-refractivity contribution in [3.8, 4) is 28.7 Å². The van der Waals surface area contributed by atoms with E-state index < -0.39 is 0 Å². The van der Waals surface area contributed by atoms with Crippen LogP contribution >= 0.6 is 27.5 Å². The number of likely N-dealkylation sites (tertiary alicyclic amines) is 2. The first-order valence-corrected chi connectivity index (χ1v) is 18.7. The SMILES string of the molecule is N#Cc1cncc(COc2cc(OCc3cccc(-c4cccc(NCCCCN5CCCC5)c4C=N)c3Br)c(Cl)cc2CN2CCCC2)c1. The molecule has 8 nitrogen and oxygen atoms in total. The summed E-state index contributed by atoms with van der Waals surface area (Å²) < 4.78 is 13.6. The van der Waals surface area contributed by atoms with Crippen molar-refractivity contribution in [3.63, 3.8) is 0 Å². The highest BCUT2D eigenvalue weighted by Crippen LogP contribution is 2.38. The number of nitrogens with one attached hydrogen (secondary N) is 2. The van der Waals surface area contributed by atoms with Gasteiger partial charge in [-0.25, -0.2) is 0 Å². The van der Waals surface area contributed by atoms with Gasteiger partial charge < -0.3 is 25.1 Å². The van der Waals surface area contributed by atoms with Crippen LogP contribution in [0.25, 0.3) is 11.1 Å². The van der Waals surface area contributed by atoms with Crippen LogP contribution < -0.4 is 14.8 Å². The number of pyridine rings is 1. The maximum Gasteiger partial charge on any atom is 0.142 e. The highest BCUT2D eigenvalue weighted by Gasteiger charge is 2.19. The summed E-state index contributed by atoms with van der Waals surface area (Å²) in [6, 6.07) is 20.0. The molecule has 6 rings (SSSR count). The van der Waals surface area contributed by atoms with Gasteiger partial charge in [0.1, 0.15) is 30.8 Å². The second-order valence-electron chi connectivity index (χ2n) is 13.0. The molecule has 3 aromatic carbocycles. The Balaban J connectivity index is 1.16. The number of halogens is 2. The largest absolute Gasteiger partial charge is 0.488 e. The van der Waals surface area contributed by atoms with Crippen molar-refractivity contribution >= 4 is 39.4 Å². The van der Waals surface area contributed by atoms with Gasteiger partial charge in [0.15, 0.2) is 0 Å². The second kappa shape index (κ2) is 17.8. The van der Waals surface area contributed by atoms with E-state index in [9.17, 15) is 5.26 Å². The van der Waals surface area contributed by atoms with Crippen LogP contribution in [0, 0.1) is 16.7 Å². The number of hydrogen-bond donors (Lipinski definition) is 2. The zero-order valence-corrected chi connectivity index (χ0v) is 30.7. The zero-order valence-electron chi connectivity index (χ0n) is 28.4. The average molecular weight is 756 g/mol. The number of nitrogens with zero attached hydrogens (tertiary/aromatic N) is 4. The number of unbranched alkanes of at least 4 members (excludes halogenated alkanes) is 1. The van der Waals surface area contributed by atoms with Crippen molar-refractivity contribution in [2.75, 3.05) is 44.6 Å². The van der Waals surface area contributed by atoms with Gasteiger partial charge in [-0.1, -0.05) is 41.9 Å². The van der Waals surface area contributed by atoms with Gasteiger partial charge >= 0.3 is 0 Å². The molecule has 0 saturated carbocycles. The lowest BCUT2D eigenvalue weighted by molar-refractivity contribution is 0.277. The summed E-state index contributed by atoms with van der Waals surface area (Å²) in [4.78, 5) is 9.13. The fourth-order valence-corrected chi connectivity index (χ4v) is 7.60. The number of ether oxygens (including phenoxy) is 2. The number of hydrogen-bond acceptors (Lipinski definition) is 8. The minimum atomic E-state index is 0.270. The smallest absolute Gasteiger partial charge is 0.142 e. The highest BCUT2D eigenvalue weighted by molar-refractivity contribution is 9.10. The first kappa shape index (κ1) is 35.9. The molecule has 2 N–H and O–H groups in total. The van der Waals surface area contributed by atoms with Gasteiger partial charge in [-0.05, 0) is 117 Å². The summed E-state index contributed by atoms with van der Waals surface area (Å²) in [6.07, 6.45) is 12.0. The molecule has 260 valence electrons. The molecule has 2 aliphatic heterocycles. The van der Waals surface area contributed by atoms with Crippen LogP contribution in [0.1, 0.15) is 66.3 Å². The summed E-state index contributed by atoms with van der Waals surface area (Å²) >= 11 is 10.7. The van der Waals surface area contributed by atoms with E-state index >= 15 is 0 Å². The summed E-state index contributed by atoms with van der Waals surface area (Å²) in [5, 5.41) is 21.7. The third kappa shape index (κ3) is 9.23. The molecule has 2 saturated heterocycles. The van der Waals surface area contributed by atoms with Crippen LogP contribution in [0.2, 0.25) is 5.02 Å². The summed E-state index contributed by atoms with van der Waals surface area (Å²) in [5.41, 5.74) is 7.06. The van der Waals surface area contributed by atoms with Gasteiger partial charge in [-0.15, -0.1) is 0 Å². The molecule has 0 spiro atoms. The molecule has 50 heavy (non-hydrogen) atoms. The highest BCUT2D eigenvalue weighted by atomic mass is 79.9. The fourth-order valence-electron chi connectivity index (χ4n) is 6.77. The van der Waals surface area contributed by atoms with Gasteiger partial charge in [-0.2, -0.15) is 5.26 Å². The lowest BCUT2D eigenvalue weighted by Gasteiger charge is -2.20. The summed E-state index contributed by atoms with van der Waals surface area (Å²) in [7, 11) is 0. The molecule has 0 aliphatic carbocycles. The molecule has 2 fully saturated rings. The van der Waals surface area contributed by atoms with E-state index in [4.69, 9.17) is 26.5 Å². The van der Waals surface area contributed by atoms with Crippen LogP contribution in [0.15, 0.2) is 71.5 Å². The number of aromatic nitrogens is 1. The van der Waals surface area contributed by atoms with Gasteiger partial charge in [0.25, 0.3) is 0 Å². The molecular weight excluding hydrogens is 712 g/mol. The van der Waals surface area contributed by atoms with Gasteiger partial charge in [-0.3, -0.25) is 9.88 Å². The Hall–Kier alpha value is -3.94. The molecule has 1 aromatic heterocycles. The number of rotatable bonds is 16. The molecular formula is C40H44BrClN6O2. The number of anilines is 1. The van der Waals surface area contributed by atoms with Crippen molar-refractivity contribution in [2.24, 2.45) is 0 Å². The van der Waals surface area contributed by atoms with Crippen LogP contribution in [-0.4, -0.2) is 60.3 Å². The number of benzene rings is 3. The van der Waals surface area contributed by atoms with E-state index in [-0.39, 0.29) is 13.2 Å². The molecule has 3 heterocycles. The van der Waals surface area contributed by atoms with Gasteiger partial charge in [0.05, 0.1) is 10.6 Å². The Kier molecular flexibility index (Phi) is 12.8. The van der Waals surface area contributed by atoms with E-state index in [2.05, 4.69) is 60.3 Å². The minimum Gasteiger partial charge on any atom is -0.488 e. The molecule has 0 atom stereocenters. The third-order valence-corrected chi connectivity index (χ3v) is 10.7. The summed E-state index contributed by atoms with van der Waals surface area (Å²) in [5.74, 6) is 1.23. The van der Waals surface area contributed by atoms with Crippen molar-refractivity contribution in [1.82, 2.24) is 14.8 Å². The topological polar surface area (TPSA) is 97.5 Å². The molecule has 10 heteroatoms. The molecule has 4 aromatic rings. The third-order valence-electron chi connectivity index (χ3n) is 9.44. The summed E-state index contributed by atoms with van der Waals surface area (Å²) in [6.45, 7) is 7.89. The Labute approximate surface area is 309 Å². The van der Waals surface area contributed by atoms with E-state index in [0.717, 1.165) is 76.1 Å². The predicted octanol–water partition coefficient (Wildman–Crippen LogP) is 9.08. The van der Waals surface area contributed by atoms with Crippen LogP contribution in [-0.2, 0) is 19.8 Å². The van der Waals surface area contributed by atoms with Crippen molar-refractivity contribution in [1.29, 1.82) is 10.7 Å². The maximum atomic E-state index is 9.30. The first-order valence-electron chi connectivity index (χ1n) is 17.5. The minimum absolute atomic E-state index is 0.270. The Morgan fingerprint density at radius 3 is 2.40 bits per heavy atom. The molecule has 0 radical (unpaired) electrons. The maximum absolute atomic E-state index is 9.30. The van der Waals surface area contributed by atoms with Crippen LogP contribution in [0.4, 0.5) is 5.69 Å². The van der Waals surface area contributed by atoms with Crippen molar-refractivity contribution < 1.29 is 9.47 Å². The van der Waals surface area contributed by atoms with Gasteiger partial charge in [0, 0.05) is 70.2 Å². The monoisotopic (exact) mass is 754 g/mol. The lowest BCUT2D eigenvalue weighted by atomic mass is 9.97. The van der Waals surface area contributed by atoms with Gasteiger partial charge in [0.2, 0.25) is 0 Å². The van der Waals surface area contributed by atoms with E-state index in [1.807, 2.05) is 30.3 Å². The molecule has 0 unspecified atom stereocenters. The normalized spacial score (nSPS) is 14.8. The van der Waals surface area contributed by atoms with Crippen molar-refractivity contribution in [2.45, 2.75) is 58.3 Å². The standard InChI is InChI=1S/C40H44BrClN6O2/c41-40-31(9-7-11-34(40)33-10-8-12-37(35(33)23-44)46-13-1-2-14-47-15-3-4-16-47)28-50-39-21-38(49-27-30-19-29(22-43)24-45-25-30)32(20-36(39)42)26-48-17-5-6-18-48/h7-12,19-21,23-25,44,46H,1-6,13-18,26-28H2. The molecule has 2 aliphatic rings. The molecule has 0 amide bonds. The number of nitriles is 1.